The molecule has 1 heterocycles. The van der Waals surface area contributed by atoms with Gasteiger partial charge in [-0.15, -0.1) is 0 Å². The van der Waals surface area contributed by atoms with Crippen molar-refractivity contribution in [3.8, 4) is 0 Å². The van der Waals surface area contributed by atoms with Crippen molar-refractivity contribution in [3.63, 3.8) is 0 Å². The molecule has 1 aromatic carbocycles. The fourth-order valence-corrected chi connectivity index (χ4v) is 2.56. The molecule has 18 heavy (non-hydrogen) atoms. The van der Waals surface area contributed by atoms with Crippen molar-refractivity contribution in [2.75, 3.05) is 0 Å². The summed E-state index contributed by atoms with van der Waals surface area (Å²) in [7, 11) is 2.07. The molecular formula is C15H21N3. The molecule has 1 atom stereocenters. The minimum absolute atomic E-state index is 0.555. The minimum Gasteiger partial charge on any atom is -0.331 e. The van der Waals surface area contributed by atoms with E-state index in [0.29, 0.717) is 6.04 Å². The van der Waals surface area contributed by atoms with Crippen LogP contribution in [0.15, 0.2) is 18.2 Å². The third-order valence-corrected chi connectivity index (χ3v) is 3.81. The van der Waals surface area contributed by atoms with Crippen LogP contribution in [-0.4, -0.2) is 21.6 Å². The number of nitrogens with one attached hydrogen (secondary N) is 1. The smallest absolute Gasteiger partial charge is 0.106 e. The van der Waals surface area contributed by atoms with Gasteiger partial charge < -0.3 is 9.88 Å². The number of hydrogen-bond donors (Lipinski definition) is 1. The molecule has 0 spiro atoms. The minimum atomic E-state index is 0.555. The van der Waals surface area contributed by atoms with Gasteiger partial charge in [-0.05, 0) is 50.8 Å². The van der Waals surface area contributed by atoms with Gasteiger partial charge in [-0.2, -0.15) is 0 Å². The van der Waals surface area contributed by atoms with Gasteiger partial charge in [0.2, 0.25) is 0 Å². The highest BCUT2D eigenvalue weighted by Crippen LogP contribution is 2.21. The molecule has 0 radical (unpaired) electrons. The van der Waals surface area contributed by atoms with E-state index in [1.54, 1.807) is 0 Å². The molecule has 1 aliphatic carbocycles. The molecular weight excluding hydrogens is 222 g/mol. The van der Waals surface area contributed by atoms with Crippen molar-refractivity contribution in [1.82, 2.24) is 14.9 Å². The molecule has 0 saturated heterocycles. The molecule has 1 aromatic heterocycles. The average molecular weight is 243 g/mol. The van der Waals surface area contributed by atoms with Crippen LogP contribution in [0.4, 0.5) is 0 Å². The predicted octanol–water partition coefficient (Wildman–Crippen LogP) is 2.56. The van der Waals surface area contributed by atoms with E-state index in [4.69, 9.17) is 0 Å². The average Bonchev–Trinajstić information content (AvgIpc) is 3.07. The second kappa shape index (κ2) is 4.39. The first-order chi connectivity index (χ1) is 8.63. The third-order valence-electron chi connectivity index (χ3n) is 3.81. The number of benzene rings is 1. The number of imidazole rings is 1. The van der Waals surface area contributed by atoms with Gasteiger partial charge in [0, 0.05) is 19.1 Å². The molecule has 1 unspecified atom stereocenters. The summed E-state index contributed by atoms with van der Waals surface area (Å²) in [4.78, 5) is 4.60. The first-order valence-corrected chi connectivity index (χ1v) is 6.81. The van der Waals surface area contributed by atoms with E-state index >= 15 is 0 Å². The van der Waals surface area contributed by atoms with Crippen molar-refractivity contribution in [1.29, 1.82) is 0 Å². The monoisotopic (exact) mass is 243 g/mol. The van der Waals surface area contributed by atoms with Gasteiger partial charge in [0.15, 0.2) is 0 Å². The highest BCUT2D eigenvalue weighted by molar-refractivity contribution is 5.76. The fourth-order valence-electron chi connectivity index (χ4n) is 2.56. The number of aromatic nitrogens is 2. The normalized spacial score (nSPS) is 17.3. The molecule has 0 bridgehead atoms. The van der Waals surface area contributed by atoms with E-state index in [9.17, 15) is 0 Å². The Bertz CT molecular complexity index is 566. The topological polar surface area (TPSA) is 29.9 Å². The van der Waals surface area contributed by atoms with Crippen LogP contribution < -0.4 is 5.32 Å². The number of fused-ring (bicyclic) bond motifs is 1. The van der Waals surface area contributed by atoms with Crippen LogP contribution in [0.2, 0.25) is 0 Å². The number of hydrogen-bond acceptors (Lipinski definition) is 2. The second-order valence-electron chi connectivity index (χ2n) is 5.59. The van der Waals surface area contributed by atoms with Gasteiger partial charge in [-0.25, -0.2) is 4.98 Å². The van der Waals surface area contributed by atoms with E-state index in [0.717, 1.165) is 23.8 Å². The van der Waals surface area contributed by atoms with E-state index < -0.39 is 0 Å². The SMILES string of the molecule is Cc1nc2cc(CC(C)NC3CC3)ccc2n1C. The lowest BCUT2D eigenvalue weighted by atomic mass is 10.1. The molecule has 0 amide bonds. The summed E-state index contributed by atoms with van der Waals surface area (Å²) in [6, 6.07) is 7.98. The molecule has 1 fully saturated rings. The van der Waals surface area contributed by atoms with E-state index in [1.807, 2.05) is 0 Å². The summed E-state index contributed by atoms with van der Waals surface area (Å²) < 4.78 is 2.14. The summed E-state index contributed by atoms with van der Waals surface area (Å²) in [5.41, 5.74) is 3.71. The van der Waals surface area contributed by atoms with E-state index in [2.05, 4.69) is 54.0 Å². The lowest BCUT2D eigenvalue weighted by Crippen LogP contribution is -2.29. The third kappa shape index (κ3) is 2.27. The lowest BCUT2D eigenvalue weighted by molar-refractivity contribution is 0.543. The maximum absolute atomic E-state index is 4.60. The zero-order valence-corrected chi connectivity index (χ0v) is 11.4. The lowest BCUT2D eigenvalue weighted by Gasteiger charge is -2.13. The molecule has 1 N–H and O–H groups in total. The molecule has 1 aliphatic rings. The van der Waals surface area contributed by atoms with Gasteiger partial charge in [0.25, 0.3) is 0 Å². The number of rotatable bonds is 4. The zero-order valence-electron chi connectivity index (χ0n) is 11.4. The Morgan fingerprint density at radius 1 is 1.44 bits per heavy atom. The molecule has 96 valence electrons. The molecule has 0 aliphatic heterocycles. The van der Waals surface area contributed by atoms with Gasteiger partial charge >= 0.3 is 0 Å². The highest BCUT2D eigenvalue weighted by Gasteiger charge is 2.22. The second-order valence-corrected chi connectivity index (χ2v) is 5.59. The van der Waals surface area contributed by atoms with Crippen molar-refractivity contribution in [3.05, 3.63) is 29.6 Å². The van der Waals surface area contributed by atoms with Crippen LogP contribution in [0.5, 0.6) is 0 Å². The Morgan fingerprint density at radius 3 is 2.94 bits per heavy atom. The Hall–Kier alpha value is -1.35. The van der Waals surface area contributed by atoms with Crippen molar-refractivity contribution in [2.45, 2.75) is 45.2 Å². The summed E-state index contributed by atoms with van der Waals surface area (Å²) in [5.74, 6) is 1.08. The molecule has 2 aromatic rings. The Kier molecular flexibility index (Phi) is 2.86. The van der Waals surface area contributed by atoms with Crippen molar-refractivity contribution in [2.24, 2.45) is 7.05 Å². The van der Waals surface area contributed by atoms with Gasteiger partial charge in [-0.3, -0.25) is 0 Å². The largest absolute Gasteiger partial charge is 0.331 e. The fraction of sp³-hybridized carbons (Fsp3) is 0.533. The molecule has 3 heteroatoms. The van der Waals surface area contributed by atoms with E-state index in [-0.39, 0.29) is 0 Å². The van der Waals surface area contributed by atoms with Gasteiger partial charge in [-0.1, -0.05) is 6.07 Å². The molecule has 1 saturated carbocycles. The number of nitrogens with zero attached hydrogens (tertiary/aromatic N) is 2. The van der Waals surface area contributed by atoms with Crippen LogP contribution in [0.3, 0.4) is 0 Å². The van der Waals surface area contributed by atoms with Crippen LogP contribution in [0.1, 0.15) is 31.2 Å². The highest BCUT2D eigenvalue weighted by atomic mass is 15.0. The molecule has 3 nitrogen and oxygen atoms in total. The Balaban J connectivity index is 1.79. The number of aryl methyl sites for hydroxylation is 2. The summed E-state index contributed by atoms with van der Waals surface area (Å²) in [6.45, 7) is 4.32. The van der Waals surface area contributed by atoms with E-state index in [1.165, 1.54) is 23.9 Å². The first-order valence-electron chi connectivity index (χ1n) is 6.81. The Morgan fingerprint density at radius 2 is 2.22 bits per heavy atom. The molecule has 3 rings (SSSR count). The van der Waals surface area contributed by atoms with Crippen LogP contribution in [-0.2, 0) is 13.5 Å². The van der Waals surface area contributed by atoms with Crippen LogP contribution in [0, 0.1) is 6.92 Å². The van der Waals surface area contributed by atoms with Gasteiger partial charge in [0.05, 0.1) is 11.0 Å². The summed E-state index contributed by atoms with van der Waals surface area (Å²) in [5, 5.41) is 3.64. The zero-order chi connectivity index (χ0) is 12.7. The summed E-state index contributed by atoms with van der Waals surface area (Å²) in [6.07, 6.45) is 3.79. The predicted molar refractivity (Wildman–Crippen MR) is 74.8 cm³/mol. The van der Waals surface area contributed by atoms with Crippen molar-refractivity contribution < 1.29 is 0 Å². The Labute approximate surface area is 108 Å². The van der Waals surface area contributed by atoms with Crippen molar-refractivity contribution >= 4 is 11.0 Å². The quantitative estimate of drug-likeness (QED) is 0.894. The summed E-state index contributed by atoms with van der Waals surface area (Å²) >= 11 is 0. The van der Waals surface area contributed by atoms with Crippen LogP contribution >= 0.6 is 0 Å². The maximum atomic E-state index is 4.60. The van der Waals surface area contributed by atoms with Gasteiger partial charge in [0.1, 0.15) is 5.82 Å². The van der Waals surface area contributed by atoms with Crippen LogP contribution in [0.25, 0.3) is 11.0 Å². The standard InChI is InChI=1S/C15H21N3/c1-10(16-13-5-6-13)8-12-4-7-15-14(9-12)17-11(2)18(15)3/h4,7,9-10,13,16H,5-6,8H2,1-3H3. The first kappa shape index (κ1) is 11.7. The maximum Gasteiger partial charge on any atom is 0.106 e.